The molecule has 0 radical (unpaired) electrons. The number of benzene rings is 9. The van der Waals surface area contributed by atoms with Crippen LogP contribution in [-0.4, -0.2) is 15.0 Å². The van der Waals surface area contributed by atoms with Crippen molar-refractivity contribution in [1.82, 2.24) is 15.0 Å². The maximum atomic E-state index is 6.76. The van der Waals surface area contributed by atoms with Crippen LogP contribution in [-0.2, 0) is 10.8 Å². The highest BCUT2D eigenvalue weighted by atomic mass is 16.3. The van der Waals surface area contributed by atoms with Gasteiger partial charge in [-0.2, -0.15) is 0 Å². The van der Waals surface area contributed by atoms with Gasteiger partial charge >= 0.3 is 0 Å². The molecule has 65 heavy (non-hydrogen) atoms. The lowest BCUT2D eigenvalue weighted by atomic mass is 9.63. The van der Waals surface area contributed by atoms with Crippen LogP contribution in [0.25, 0.3) is 111 Å². The van der Waals surface area contributed by atoms with Gasteiger partial charge in [0, 0.05) is 33.0 Å². The van der Waals surface area contributed by atoms with Gasteiger partial charge in [-0.1, -0.05) is 185 Å². The van der Waals surface area contributed by atoms with Gasteiger partial charge in [0.2, 0.25) is 0 Å². The van der Waals surface area contributed by atoms with Gasteiger partial charge in [-0.3, -0.25) is 0 Å². The first-order valence-electron chi connectivity index (χ1n) is 22.7. The molecule has 0 spiro atoms. The molecule has 0 fully saturated rings. The van der Waals surface area contributed by atoms with E-state index in [-0.39, 0.29) is 10.8 Å². The zero-order chi connectivity index (χ0) is 43.9. The van der Waals surface area contributed by atoms with Crippen molar-refractivity contribution in [3.05, 3.63) is 199 Å². The molecule has 9 aromatic carbocycles. The highest BCUT2D eigenvalue weighted by Crippen LogP contribution is 2.49. The van der Waals surface area contributed by atoms with Crippen molar-refractivity contribution < 1.29 is 4.42 Å². The zero-order valence-corrected chi connectivity index (χ0v) is 37.1. The van der Waals surface area contributed by atoms with E-state index in [2.05, 4.69) is 210 Å². The quantitative estimate of drug-likeness (QED) is 0.167. The van der Waals surface area contributed by atoms with Crippen LogP contribution in [0, 0.1) is 0 Å². The summed E-state index contributed by atoms with van der Waals surface area (Å²) in [6.07, 6.45) is 2.33. The second kappa shape index (κ2) is 15.0. The lowest BCUT2D eigenvalue weighted by Gasteiger charge is -2.42. The number of aromatic nitrogens is 3. The Morgan fingerprint density at radius 2 is 0.923 bits per heavy atom. The lowest BCUT2D eigenvalue weighted by Crippen LogP contribution is -2.33. The Hall–Kier alpha value is -7.69. The van der Waals surface area contributed by atoms with E-state index in [9.17, 15) is 0 Å². The van der Waals surface area contributed by atoms with E-state index in [0.29, 0.717) is 17.5 Å². The molecule has 0 bridgehead atoms. The smallest absolute Gasteiger partial charge is 0.164 e. The van der Waals surface area contributed by atoms with E-state index in [1.165, 1.54) is 34.1 Å². The normalized spacial score (nSPS) is 14.3. The SMILES string of the molecule is CC1(C)CCC(C)(C)c2cc(-c3cc(-c4ccc(-c5nc(-c6ccc(-c7ccccc7)cc6)nc(-c6ccc7ccccc7c6)n5)c5ccccc45)cc4c3oc3ccccc34)ccc21. The molecule has 12 rings (SSSR count). The summed E-state index contributed by atoms with van der Waals surface area (Å²) in [5, 5.41) is 6.73. The molecule has 4 heteroatoms. The van der Waals surface area contributed by atoms with Crippen LogP contribution in [0.3, 0.4) is 0 Å². The molecule has 1 aliphatic carbocycles. The average Bonchev–Trinajstić information content (AvgIpc) is 3.73. The summed E-state index contributed by atoms with van der Waals surface area (Å²) in [5.41, 5.74) is 14.6. The number of furan rings is 1. The maximum Gasteiger partial charge on any atom is 0.164 e. The molecule has 0 saturated carbocycles. The molecule has 312 valence electrons. The number of hydrogen-bond acceptors (Lipinski definition) is 4. The third kappa shape index (κ3) is 6.71. The van der Waals surface area contributed by atoms with Crippen LogP contribution in [0.15, 0.2) is 192 Å². The Morgan fingerprint density at radius 3 is 1.71 bits per heavy atom. The van der Waals surface area contributed by atoms with Crippen LogP contribution in [0.2, 0.25) is 0 Å². The van der Waals surface area contributed by atoms with Crippen LogP contribution in [0.4, 0.5) is 0 Å². The van der Waals surface area contributed by atoms with Crippen LogP contribution in [0.5, 0.6) is 0 Å². The molecule has 0 saturated heterocycles. The maximum absolute atomic E-state index is 6.76. The van der Waals surface area contributed by atoms with Gasteiger partial charge in [-0.15, -0.1) is 0 Å². The second-order valence-corrected chi connectivity index (χ2v) is 19.0. The third-order valence-electron chi connectivity index (χ3n) is 14.0. The molecule has 2 heterocycles. The van der Waals surface area contributed by atoms with E-state index in [4.69, 9.17) is 19.4 Å². The Balaban J connectivity index is 1.04. The Kier molecular flexibility index (Phi) is 8.96. The summed E-state index contributed by atoms with van der Waals surface area (Å²) >= 11 is 0. The third-order valence-corrected chi connectivity index (χ3v) is 14.0. The summed E-state index contributed by atoms with van der Waals surface area (Å²) in [6, 6.07) is 67.1. The molecule has 0 N–H and O–H groups in total. The number of rotatable bonds is 6. The first kappa shape index (κ1) is 38.9. The van der Waals surface area contributed by atoms with Crippen LogP contribution >= 0.6 is 0 Å². The van der Waals surface area contributed by atoms with Gasteiger partial charge in [0.05, 0.1) is 0 Å². The van der Waals surface area contributed by atoms with E-state index in [1.54, 1.807) is 0 Å². The van der Waals surface area contributed by atoms with Gasteiger partial charge in [-0.05, 0) is 114 Å². The molecular formula is C61H47N3O. The van der Waals surface area contributed by atoms with Gasteiger partial charge in [0.15, 0.2) is 17.5 Å². The van der Waals surface area contributed by atoms with Crippen molar-refractivity contribution in [2.24, 2.45) is 0 Å². The van der Waals surface area contributed by atoms with Gasteiger partial charge in [0.1, 0.15) is 11.2 Å². The molecule has 0 atom stereocenters. The number of hydrogen-bond donors (Lipinski definition) is 0. The van der Waals surface area contributed by atoms with Crippen molar-refractivity contribution in [3.8, 4) is 67.5 Å². The first-order valence-corrected chi connectivity index (χ1v) is 22.7. The summed E-state index contributed by atoms with van der Waals surface area (Å²) in [4.78, 5) is 15.7. The van der Waals surface area contributed by atoms with Crippen molar-refractivity contribution in [3.63, 3.8) is 0 Å². The van der Waals surface area contributed by atoms with E-state index < -0.39 is 0 Å². The minimum Gasteiger partial charge on any atom is -0.455 e. The first-order chi connectivity index (χ1) is 31.7. The Labute approximate surface area is 379 Å². The van der Waals surface area contributed by atoms with Gasteiger partial charge in [0.25, 0.3) is 0 Å². The van der Waals surface area contributed by atoms with E-state index in [0.717, 1.165) is 83.5 Å². The minimum atomic E-state index is 0.0756. The molecule has 4 nitrogen and oxygen atoms in total. The molecule has 0 unspecified atom stereocenters. The standard InChI is InChI=1S/C61H47N3O/c1-60(2)32-33-61(3,4)54-37-43(28-31-53(54)60)51-35-45(36-52-49-20-12-13-21-55(49)65-56(51)52)46-29-30-50(48-19-11-10-18-47(46)48)59-63-57(41-25-22-40(23-26-41)38-14-6-5-7-15-38)62-58(64-59)44-27-24-39-16-8-9-17-42(39)34-44/h5-31,34-37H,32-33H2,1-4H3. The van der Waals surface area contributed by atoms with E-state index >= 15 is 0 Å². The Bertz CT molecular complexity index is 3650. The summed E-state index contributed by atoms with van der Waals surface area (Å²) in [6.45, 7) is 9.57. The number of nitrogens with zero attached hydrogens (tertiary/aromatic N) is 3. The van der Waals surface area contributed by atoms with Gasteiger partial charge in [-0.25, -0.2) is 15.0 Å². The average molecular weight is 838 g/mol. The van der Waals surface area contributed by atoms with Crippen LogP contribution in [0.1, 0.15) is 51.7 Å². The highest BCUT2D eigenvalue weighted by Gasteiger charge is 2.37. The fourth-order valence-electron chi connectivity index (χ4n) is 10.2. The van der Waals surface area contributed by atoms with Crippen LogP contribution < -0.4 is 0 Å². The predicted octanol–water partition coefficient (Wildman–Crippen LogP) is 16.4. The van der Waals surface area contributed by atoms with Crippen molar-refractivity contribution in [2.45, 2.75) is 51.4 Å². The monoisotopic (exact) mass is 837 g/mol. The lowest BCUT2D eigenvalue weighted by molar-refractivity contribution is 0.332. The summed E-state index contributed by atoms with van der Waals surface area (Å²) in [5.74, 6) is 1.89. The fraction of sp³-hybridized carbons (Fsp3) is 0.131. The molecule has 1 aliphatic rings. The van der Waals surface area contributed by atoms with Gasteiger partial charge < -0.3 is 4.42 Å². The summed E-state index contributed by atoms with van der Waals surface area (Å²) in [7, 11) is 0. The van der Waals surface area contributed by atoms with Crippen molar-refractivity contribution in [1.29, 1.82) is 0 Å². The largest absolute Gasteiger partial charge is 0.455 e. The Morgan fingerprint density at radius 1 is 0.354 bits per heavy atom. The second-order valence-electron chi connectivity index (χ2n) is 19.0. The topological polar surface area (TPSA) is 51.8 Å². The molecular weight excluding hydrogens is 791 g/mol. The number of fused-ring (bicyclic) bond motifs is 6. The highest BCUT2D eigenvalue weighted by molar-refractivity contribution is 6.13. The van der Waals surface area contributed by atoms with Crippen molar-refractivity contribution >= 4 is 43.5 Å². The van der Waals surface area contributed by atoms with E-state index in [1.807, 2.05) is 6.07 Å². The predicted molar refractivity (Wildman–Crippen MR) is 270 cm³/mol. The zero-order valence-electron chi connectivity index (χ0n) is 37.1. The molecule has 2 aromatic heterocycles. The summed E-state index contributed by atoms with van der Waals surface area (Å²) < 4.78 is 6.76. The van der Waals surface area contributed by atoms with Crippen molar-refractivity contribution in [2.75, 3.05) is 0 Å². The molecule has 11 aromatic rings. The molecule has 0 aliphatic heterocycles. The molecule has 0 amide bonds. The number of para-hydroxylation sites is 1. The minimum absolute atomic E-state index is 0.0756. The fourth-order valence-corrected chi connectivity index (χ4v) is 10.2.